The Morgan fingerprint density at radius 2 is 0.741 bits per heavy atom. The first-order valence-corrected chi connectivity index (χ1v) is 30.0. The first kappa shape index (κ1) is 49.1. The monoisotopic (exact) mass is 1100 g/mol. The van der Waals surface area contributed by atoms with E-state index in [1.165, 1.54) is 27.0 Å². The van der Waals surface area contributed by atoms with Crippen LogP contribution in [0.1, 0.15) is 22.6 Å². The van der Waals surface area contributed by atoms with Crippen molar-refractivity contribution in [1.82, 2.24) is 0 Å². The van der Waals surface area contributed by atoms with E-state index in [1.807, 2.05) is 11.8 Å². The summed E-state index contributed by atoms with van der Waals surface area (Å²) in [5.74, 6) is 0.0422. The fourth-order valence-corrected chi connectivity index (χ4v) is 15.1. The zero-order valence-electron chi connectivity index (χ0n) is 46.1. The summed E-state index contributed by atoms with van der Waals surface area (Å²) in [5.41, 5.74) is 22.6. The molecule has 4 nitrogen and oxygen atoms in total. The Kier molecular flexibility index (Phi) is 11.6. The molecule has 400 valence electrons. The highest BCUT2D eigenvalue weighted by Gasteiger charge is 2.42. The van der Waals surface area contributed by atoms with Crippen LogP contribution in [0.4, 0.5) is 28.4 Å². The minimum Gasteiger partial charge on any atom is -0.454 e. The zero-order valence-corrected chi connectivity index (χ0v) is 47.0. The van der Waals surface area contributed by atoms with Gasteiger partial charge in [0.05, 0.1) is 34.1 Å². The van der Waals surface area contributed by atoms with Crippen molar-refractivity contribution in [3.8, 4) is 44.5 Å². The van der Waals surface area contributed by atoms with Crippen molar-refractivity contribution >= 4 is 101 Å². The minimum atomic E-state index is 0.0157. The largest absolute Gasteiger partial charge is 0.454 e. The van der Waals surface area contributed by atoms with Gasteiger partial charge in [-0.1, -0.05) is 255 Å². The van der Waals surface area contributed by atoms with Gasteiger partial charge in [-0.15, -0.1) is 11.8 Å². The molecule has 2 aromatic heterocycles. The molecule has 17 rings (SSSR count). The Balaban J connectivity index is 0.918. The summed E-state index contributed by atoms with van der Waals surface area (Å²) in [7, 11) is 0. The van der Waals surface area contributed by atoms with Gasteiger partial charge in [-0.05, 0) is 98.4 Å². The van der Waals surface area contributed by atoms with Gasteiger partial charge in [0.2, 0.25) is 0 Å². The molecule has 0 saturated carbocycles. The van der Waals surface area contributed by atoms with Gasteiger partial charge in [0.25, 0.3) is 0 Å². The molecule has 13 aromatic carbocycles. The number of benzene rings is 13. The van der Waals surface area contributed by atoms with Crippen molar-refractivity contribution in [2.75, 3.05) is 9.80 Å². The van der Waals surface area contributed by atoms with Crippen molar-refractivity contribution in [2.24, 2.45) is 0 Å². The van der Waals surface area contributed by atoms with Crippen LogP contribution in [-0.2, 0) is 0 Å². The van der Waals surface area contributed by atoms with E-state index >= 15 is 0 Å². The minimum absolute atomic E-state index is 0.0157. The highest BCUT2D eigenvalue weighted by atomic mass is 32.2. The number of thioether (sulfide) groups is 1. The van der Waals surface area contributed by atoms with Crippen LogP contribution in [0, 0.1) is 0 Å². The van der Waals surface area contributed by atoms with Gasteiger partial charge in [0, 0.05) is 59.7 Å². The van der Waals surface area contributed by atoms with E-state index in [0.717, 1.165) is 128 Å². The fourth-order valence-electron chi connectivity index (χ4n) is 13.6. The fraction of sp³-hybridized carbons (Fsp3) is 0.0250. The highest BCUT2D eigenvalue weighted by Crippen LogP contribution is 2.60. The summed E-state index contributed by atoms with van der Waals surface area (Å²) in [6.07, 6.45) is 2.57. The van der Waals surface area contributed by atoms with Crippen LogP contribution in [0.2, 0.25) is 0 Å². The molecular formula is C80H52N2O2S. The molecule has 0 saturated heterocycles. The molecule has 0 amide bonds. The predicted molar refractivity (Wildman–Crippen MR) is 356 cm³/mol. The Morgan fingerprint density at radius 3 is 1.31 bits per heavy atom. The van der Waals surface area contributed by atoms with Crippen LogP contribution in [0.25, 0.3) is 105 Å². The van der Waals surface area contributed by atoms with Crippen LogP contribution >= 0.6 is 11.8 Å². The summed E-state index contributed by atoms with van der Waals surface area (Å²) in [5, 5.41) is 6.75. The van der Waals surface area contributed by atoms with E-state index in [0.29, 0.717) is 0 Å². The molecule has 1 aliphatic carbocycles. The summed E-state index contributed by atoms with van der Waals surface area (Å²) < 4.78 is 14.1. The number of furan rings is 2. The molecule has 3 heterocycles. The molecule has 15 aromatic rings. The molecule has 2 atom stereocenters. The van der Waals surface area contributed by atoms with Crippen LogP contribution in [0.15, 0.2) is 317 Å². The lowest BCUT2D eigenvalue weighted by molar-refractivity contribution is 0.668. The second-order valence-corrected chi connectivity index (χ2v) is 23.4. The van der Waals surface area contributed by atoms with E-state index in [1.54, 1.807) is 0 Å². The molecule has 5 heteroatoms. The molecule has 0 radical (unpaired) electrons. The molecule has 0 N–H and O–H groups in total. The molecule has 85 heavy (non-hydrogen) atoms. The third-order valence-electron chi connectivity index (χ3n) is 17.4. The average molecular weight is 1110 g/mol. The van der Waals surface area contributed by atoms with Crippen LogP contribution in [0.3, 0.4) is 0 Å². The van der Waals surface area contributed by atoms with Crippen molar-refractivity contribution in [3.05, 3.63) is 320 Å². The second-order valence-electron chi connectivity index (χ2n) is 22.2. The Bertz CT molecular complexity index is 5130. The van der Waals surface area contributed by atoms with Gasteiger partial charge in [0.15, 0.2) is 11.2 Å². The topological polar surface area (TPSA) is 32.8 Å². The smallest absolute Gasteiger partial charge is 0.159 e. The zero-order chi connectivity index (χ0) is 56.0. The van der Waals surface area contributed by atoms with E-state index in [4.69, 9.17) is 8.83 Å². The number of rotatable bonds is 10. The average Bonchev–Trinajstić information content (AvgIpc) is 1.93. The third-order valence-corrected chi connectivity index (χ3v) is 18.7. The van der Waals surface area contributed by atoms with Gasteiger partial charge in [0.1, 0.15) is 11.2 Å². The lowest BCUT2D eigenvalue weighted by Crippen LogP contribution is -2.25. The molecule has 0 bridgehead atoms. The molecule has 0 fully saturated rings. The molecule has 1 aliphatic heterocycles. The van der Waals surface area contributed by atoms with Crippen molar-refractivity contribution in [2.45, 2.75) is 16.1 Å². The highest BCUT2D eigenvalue weighted by molar-refractivity contribution is 8.00. The quantitative estimate of drug-likeness (QED) is 0.136. The summed E-state index contributed by atoms with van der Waals surface area (Å²) in [4.78, 5) is 6.27. The number of fused-ring (bicyclic) bond motifs is 13. The molecule has 2 aliphatic rings. The first-order valence-electron chi connectivity index (χ1n) is 29.1. The number of hydrogen-bond donors (Lipinski definition) is 0. The molecular weight excluding hydrogens is 1050 g/mol. The second kappa shape index (κ2) is 20.1. The predicted octanol–water partition coefficient (Wildman–Crippen LogP) is 22.6. The van der Waals surface area contributed by atoms with Crippen LogP contribution in [-0.4, -0.2) is 5.25 Å². The molecule has 0 spiro atoms. The van der Waals surface area contributed by atoms with Crippen LogP contribution in [0.5, 0.6) is 0 Å². The summed E-state index contributed by atoms with van der Waals surface area (Å²) in [6.45, 7) is 0. The van der Waals surface area contributed by atoms with Gasteiger partial charge in [-0.2, -0.15) is 0 Å². The first-order chi connectivity index (χ1) is 42.2. The maximum absolute atomic E-state index is 7.05. The number of para-hydroxylation sites is 4. The summed E-state index contributed by atoms with van der Waals surface area (Å²) >= 11 is 1.97. The maximum Gasteiger partial charge on any atom is 0.159 e. The van der Waals surface area contributed by atoms with Gasteiger partial charge in [-0.25, -0.2) is 0 Å². The van der Waals surface area contributed by atoms with Gasteiger partial charge in [-0.3, -0.25) is 0 Å². The number of nitrogens with zero attached hydrogens (tertiary/aromatic N) is 2. The molecule has 2 unspecified atom stereocenters. The van der Waals surface area contributed by atoms with Gasteiger partial charge >= 0.3 is 0 Å². The maximum atomic E-state index is 7.05. The normalized spacial score (nSPS) is 14.4. The number of anilines is 5. The van der Waals surface area contributed by atoms with Crippen LogP contribution < -0.4 is 9.80 Å². The van der Waals surface area contributed by atoms with Crippen molar-refractivity contribution in [1.29, 1.82) is 0 Å². The SMILES string of the molecule is C1=C(N(c2cc(-c3ccccc3)ccc2-c2ccccc2)c2cccc3c2oc2ccccc23)c2ccccc2C2c3c(cc(N(c4cc(-c5ccccc5)ccc4-c4ccccc4)c4cccc5c4oc4ccccc45)c4ccccc34)SC12. The lowest BCUT2D eigenvalue weighted by Gasteiger charge is -2.36. The summed E-state index contributed by atoms with van der Waals surface area (Å²) in [6, 6.07) is 108. The Morgan fingerprint density at radius 1 is 0.294 bits per heavy atom. The standard InChI is InChI=1S/C80H52N2O2S/c1-5-23-51(24-6-1)55-43-45-57(53-27-9-3-10-28-53)69(47-55)81(67-39-21-37-65-61-33-17-19-41-73(61)83-79(65)67)71-49-75-77(63-35-15-13-31-59(63)71)78-64-36-16-14-32-60(64)72(50-76(78)85-75)82(68-40-22-38-66-62-34-18-20-42-74(62)84-80(66)68)70-48-56(52-25-7-2-8-26-52)44-46-58(70)54-29-11-4-12-30-54/h1-50,75,77H. The van der Waals surface area contributed by atoms with E-state index in [2.05, 4.69) is 313 Å². The Hall–Kier alpha value is -10.6. The van der Waals surface area contributed by atoms with Gasteiger partial charge < -0.3 is 18.6 Å². The van der Waals surface area contributed by atoms with E-state index in [9.17, 15) is 0 Å². The van der Waals surface area contributed by atoms with E-state index in [-0.39, 0.29) is 11.2 Å². The van der Waals surface area contributed by atoms with E-state index < -0.39 is 0 Å². The Labute approximate surface area is 496 Å². The number of hydrogen-bond acceptors (Lipinski definition) is 5. The lowest BCUT2D eigenvalue weighted by atomic mass is 9.78. The third kappa shape index (κ3) is 8.07. The van der Waals surface area contributed by atoms with Crippen molar-refractivity contribution in [3.63, 3.8) is 0 Å². The van der Waals surface area contributed by atoms with Crippen molar-refractivity contribution < 1.29 is 8.83 Å².